The van der Waals surface area contributed by atoms with E-state index in [2.05, 4.69) is 34.7 Å². The molecular weight excluding hydrogens is 206 g/mol. The second kappa shape index (κ2) is 5.16. The Bertz CT molecular complexity index is 343. The van der Waals surface area contributed by atoms with Gasteiger partial charge in [0.25, 0.3) is 0 Å². The second-order valence-corrected chi connectivity index (χ2v) is 4.84. The quantitative estimate of drug-likeness (QED) is 0.819. The predicted molar refractivity (Wildman–Crippen MR) is 65.5 cm³/mol. The molecule has 1 aromatic rings. The van der Waals surface area contributed by atoms with E-state index in [1.54, 1.807) is 0 Å². The van der Waals surface area contributed by atoms with Gasteiger partial charge in [-0.15, -0.1) is 11.3 Å². The summed E-state index contributed by atoms with van der Waals surface area (Å²) in [4.78, 5) is 7.20. The summed E-state index contributed by atoms with van der Waals surface area (Å²) in [5.41, 5.74) is 0. The first kappa shape index (κ1) is 10.5. The van der Waals surface area contributed by atoms with Crippen LogP contribution in [0.15, 0.2) is 17.1 Å². The fraction of sp³-hybridized carbons (Fsp3) is 0.545. The number of nitrogens with one attached hydrogen (secondary N) is 2. The van der Waals surface area contributed by atoms with Gasteiger partial charge in [0, 0.05) is 22.8 Å². The Hall–Kier alpha value is -1.03. The minimum Gasteiger partial charge on any atom is -0.356 e. The van der Waals surface area contributed by atoms with Crippen LogP contribution in [0.3, 0.4) is 0 Å². The monoisotopic (exact) mass is 223 g/mol. The number of aryl methyl sites for hydroxylation is 1. The summed E-state index contributed by atoms with van der Waals surface area (Å²) < 4.78 is 0. The molecule has 82 valence electrons. The van der Waals surface area contributed by atoms with Crippen molar-refractivity contribution in [2.45, 2.75) is 26.3 Å². The third-order valence-corrected chi connectivity index (χ3v) is 3.62. The van der Waals surface area contributed by atoms with E-state index in [0.29, 0.717) is 0 Å². The largest absolute Gasteiger partial charge is 0.356 e. The van der Waals surface area contributed by atoms with Crippen LogP contribution in [0.1, 0.15) is 23.1 Å². The number of hydrogen-bond donors (Lipinski definition) is 2. The Kier molecular flexibility index (Phi) is 3.61. The van der Waals surface area contributed by atoms with Crippen molar-refractivity contribution in [3.63, 3.8) is 0 Å². The fourth-order valence-electron chi connectivity index (χ4n) is 1.53. The Balaban J connectivity index is 1.84. The molecule has 0 fully saturated rings. The molecule has 0 amide bonds. The van der Waals surface area contributed by atoms with Crippen molar-refractivity contribution in [2.75, 3.05) is 13.1 Å². The van der Waals surface area contributed by atoms with Gasteiger partial charge >= 0.3 is 0 Å². The minimum atomic E-state index is 0.885. The summed E-state index contributed by atoms with van der Waals surface area (Å²) in [7, 11) is 0. The fourth-order valence-corrected chi connectivity index (χ4v) is 2.43. The van der Waals surface area contributed by atoms with Gasteiger partial charge < -0.3 is 10.6 Å². The van der Waals surface area contributed by atoms with E-state index in [9.17, 15) is 0 Å². The van der Waals surface area contributed by atoms with Crippen LogP contribution in [0.25, 0.3) is 0 Å². The molecule has 0 radical (unpaired) electrons. The SMILES string of the molecule is CCc1ccc(CNC2=NCCCN2)s1. The number of nitrogens with zero attached hydrogens (tertiary/aromatic N) is 1. The maximum absolute atomic E-state index is 4.37. The zero-order valence-corrected chi connectivity index (χ0v) is 9.86. The van der Waals surface area contributed by atoms with E-state index in [1.165, 1.54) is 9.75 Å². The molecule has 0 unspecified atom stereocenters. The Morgan fingerprint density at radius 3 is 3.00 bits per heavy atom. The van der Waals surface area contributed by atoms with Gasteiger partial charge in [0.1, 0.15) is 0 Å². The molecule has 2 N–H and O–H groups in total. The molecule has 3 nitrogen and oxygen atoms in total. The zero-order valence-electron chi connectivity index (χ0n) is 9.05. The summed E-state index contributed by atoms with van der Waals surface area (Å²) in [6, 6.07) is 4.40. The van der Waals surface area contributed by atoms with E-state index < -0.39 is 0 Å². The first-order valence-corrected chi connectivity index (χ1v) is 6.30. The van der Waals surface area contributed by atoms with Gasteiger partial charge in [0.2, 0.25) is 0 Å². The Morgan fingerprint density at radius 2 is 2.33 bits per heavy atom. The summed E-state index contributed by atoms with van der Waals surface area (Å²) in [5, 5.41) is 6.58. The van der Waals surface area contributed by atoms with Gasteiger partial charge in [-0.25, -0.2) is 0 Å². The molecule has 0 atom stereocenters. The summed E-state index contributed by atoms with van der Waals surface area (Å²) in [6.45, 7) is 5.06. The van der Waals surface area contributed by atoms with Crippen LogP contribution in [0.4, 0.5) is 0 Å². The maximum Gasteiger partial charge on any atom is 0.191 e. The lowest BCUT2D eigenvalue weighted by Crippen LogP contribution is -2.40. The highest BCUT2D eigenvalue weighted by Gasteiger charge is 2.04. The first-order chi connectivity index (χ1) is 7.38. The molecule has 0 spiro atoms. The van der Waals surface area contributed by atoms with Crippen molar-refractivity contribution in [1.82, 2.24) is 10.6 Å². The van der Waals surface area contributed by atoms with Gasteiger partial charge in [-0.3, -0.25) is 4.99 Å². The molecule has 0 aliphatic carbocycles. The van der Waals surface area contributed by atoms with Crippen LogP contribution in [0.2, 0.25) is 0 Å². The van der Waals surface area contributed by atoms with Crippen LogP contribution in [0.5, 0.6) is 0 Å². The molecule has 0 aromatic carbocycles. The highest BCUT2D eigenvalue weighted by molar-refractivity contribution is 7.11. The van der Waals surface area contributed by atoms with Gasteiger partial charge in [0.15, 0.2) is 5.96 Å². The normalized spacial score (nSPS) is 15.7. The van der Waals surface area contributed by atoms with E-state index in [0.717, 1.165) is 38.4 Å². The van der Waals surface area contributed by atoms with Gasteiger partial charge in [-0.1, -0.05) is 6.92 Å². The van der Waals surface area contributed by atoms with Crippen molar-refractivity contribution in [3.8, 4) is 0 Å². The molecule has 4 heteroatoms. The van der Waals surface area contributed by atoms with Gasteiger partial charge in [-0.2, -0.15) is 0 Å². The highest BCUT2D eigenvalue weighted by Crippen LogP contribution is 2.16. The lowest BCUT2D eigenvalue weighted by Gasteiger charge is -2.15. The molecule has 2 rings (SSSR count). The van der Waals surface area contributed by atoms with Crippen LogP contribution < -0.4 is 10.6 Å². The molecule has 1 aromatic heterocycles. The number of hydrogen-bond acceptors (Lipinski definition) is 4. The van der Waals surface area contributed by atoms with Crippen molar-refractivity contribution in [1.29, 1.82) is 0 Å². The van der Waals surface area contributed by atoms with Gasteiger partial charge in [-0.05, 0) is 25.0 Å². The Labute approximate surface area is 94.6 Å². The van der Waals surface area contributed by atoms with E-state index >= 15 is 0 Å². The topological polar surface area (TPSA) is 36.4 Å². The molecule has 2 heterocycles. The molecule has 0 bridgehead atoms. The smallest absolute Gasteiger partial charge is 0.191 e. The first-order valence-electron chi connectivity index (χ1n) is 5.48. The average molecular weight is 223 g/mol. The lowest BCUT2D eigenvalue weighted by molar-refractivity contribution is 0.703. The number of thiophene rings is 1. The number of aliphatic imine (C=N–C) groups is 1. The molecule has 1 aliphatic heterocycles. The highest BCUT2D eigenvalue weighted by atomic mass is 32.1. The summed E-state index contributed by atoms with van der Waals surface area (Å²) in [6.07, 6.45) is 2.27. The van der Waals surface area contributed by atoms with Crippen molar-refractivity contribution in [3.05, 3.63) is 21.9 Å². The van der Waals surface area contributed by atoms with Gasteiger partial charge in [0.05, 0.1) is 6.54 Å². The van der Waals surface area contributed by atoms with Crippen LogP contribution >= 0.6 is 11.3 Å². The maximum atomic E-state index is 4.37. The molecule has 15 heavy (non-hydrogen) atoms. The van der Waals surface area contributed by atoms with Crippen molar-refractivity contribution < 1.29 is 0 Å². The minimum absolute atomic E-state index is 0.885. The standard InChI is InChI=1S/C11H17N3S/c1-2-9-4-5-10(15-9)8-14-11-12-6-3-7-13-11/h4-5H,2-3,6-8H2,1H3,(H2,12,13,14). The third kappa shape index (κ3) is 2.96. The lowest BCUT2D eigenvalue weighted by atomic mass is 10.3. The average Bonchev–Trinajstić information content (AvgIpc) is 2.76. The molecular formula is C11H17N3S. The molecule has 1 aliphatic rings. The van der Waals surface area contributed by atoms with Crippen molar-refractivity contribution in [2.24, 2.45) is 4.99 Å². The van der Waals surface area contributed by atoms with E-state index in [-0.39, 0.29) is 0 Å². The summed E-state index contributed by atoms with van der Waals surface area (Å²) in [5.74, 6) is 0.952. The number of guanidine groups is 1. The predicted octanol–water partition coefficient (Wildman–Crippen LogP) is 1.75. The van der Waals surface area contributed by atoms with Crippen LogP contribution in [-0.2, 0) is 13.0 Å². The van der Waals surface area contributed by atoms with E-state index in [4.69, 9.17) is 0 Å². The van der Waals surface area contributed by atoms with Crippen molar-refractivity contribution >= 4 is 17.3 Å². The van der Waals surface area contributed by atoms with E-state index in [1.807, 2.05) is 11.3 Å². The third-order valence-electron chi connectivity index (χ3n) is 2.39. The number of rotatable bonds is 3. The summed E-state index contributed by atoms with van der Waals surface area (Å²) >= 11 is 1.88. The van der Waals surface area contributed by atoms with Crippen LogP contribution in [0, 0.1) is 0 Å². The molecule has 0 saturated heterocycles. The Morgan fingerprint density at radius 1 is 1.47 bits per heavy atom. The molecule has 0 saturated carbocycles. The second-order valence-electron chi connectivity index (χ2n) is 3.59. The zero-order chi connectivity index (χ0) is 10.5. The van der Waals surface area contributed by atoms with Crippen LogP contribution in [-0.4, -0.2) is 19.0 Å².